The molecule has 2 heterocycles. The minimum absolute atomic E-state index is 0.0189. The highest BCUT2D eigenvalue weighted by molar-refractivity contribution is 5.99. The van der Waals surface area contributed by atoms with Gasteiger partial charge in [0.05, 0.1) is 17.3 Å². The maximum Gasteiger partial charge on any atom is 0.264 e. The Labute approximate surface area is 210 Å². The molecule has 1 aromatic heterocycles. The highest BCUT2D eigenvalue weighted by atomic mass is 19.3. The molecule has 7 rings (SSSR count). The third kappa shape index (κ3) is 3.67. The van der Waals surface area contributed by atoms with Crippen LogP contribution in [-0.2, 0) is 5.54 Å². The molecule has 0 spiro atoms. The van der Waals surface area contributed by atoms with Gasteiger partial charge in [-0.2, -0.15) is 0 Å². The predicted octanol–water partition coefficient (Wildman–Crippen LogP) is 4.46. The van der Waals surface area contributed by atoms with Crippen LogP contribution in [0.2, 0.25) is 0 Å². The number of likely N-dealkylation sites (tertiary alicyclic amines) is 1. The van der Waals surface area contributed by atoms with Crippen molar-refractivity contribution in [1.29, 1.82) is 0 Å². The van der Waals surface area contributed by atoms with E-state index >= 15 is 0 Å². The van der Waals surface area contributed by atoms with E-state index in [9.17, 15) is 18.4 Å². The van der Waals surface area contributed by atoms with Crippen LogP contribution in [0, 0.1) is 24.7 Å². The van der Waals surface area contributed by atoms with Gasteiger partial charge >= 0.3 is 0 Å². The maximum absolute atomic E-state index is 13.7. The Balaban J connectivity index is 1.30. The second-order valence-electron chi connectivity index (χ2n) is 11.7. The zero-order valence-electron chi connectivity index (χ0n) is 21.1. The second-order valence-corrected chi connectivity index (χ2v) is 11.7. The molecular formula is C28H34F2N4O2. The van der Waals surface area contributed by atoms with Gasteiger partial charge in [0.15, 0.2) is 0 Å². The number of anilines is 1. The van der Waals surface area contributed by atoms with Gasteiger partial charge in [0.2, 0.25) is 0 Å². The molecule has 5 fully saturated rings. The summed E-state index contributed by atoms with van der Waals surface area (Å²) in [5.74, 6) is 1.41. The number of alkyl halides is 2. The van der Waals surface area contributed by atoms with Gasteiger partial charge in [-0.25, -0.2) is 8.78 Å². The zero-order valence-corrected chi connectivity index (χ0v) is 21.1. The van der Waals surface area contributed by atoms with Crippen molar-refractivity contribution in [2.45, 2.75) is 63.6 Å². The molecule has 8 heteroatoms. The van der Waals surface area contributed by atoms with Gasteiger partial charge in [0.25, 0.3) is 17.9 Å². The van der Waals surface area contributed by atoms with E-state index in [4.69, 9.17) is 0 Å². The summed E-state index contributed by atoms with van der Waals surface area (Å²) < 4.78 is 28.7. The van der Waals surface area contributed by atoms with Gasteiger partial charge in [0, 0.05) is 42.5 Å². The molecule has 2 N–H and O–H groups in total. The van der Waals surface area contributed by atoms with E-state index in [-0.39, 0.29) is 28.6 Å². The monoisotopic (exact) mass is 496 g/mol. The summed E-state index contributed by atoms with van der Waals surface area (Å²) >= 11 is 0. The van der Waals surface area contributed by atoms with E-state index in [1.807, 2.05) is 6.92 Å². The molecule has 6 nitrogen and oxygen atoms in total. The lowest BCUT2D eigenvalue weighted by molar-refractivity contribution is -0.0914. The van der Waals surface area contributed by atoms with Gasteiger partial charge in [-0.3, -0.25) is 9.59 Å². The number of pyridine rings is 1. The number of aromatic nitrogens is 1. The van der Waals surface area contributed by atoms with Crippen molar-refractivity contribution >= 4 is 11.6 Å². The number of benzene rings is 1. The third-order valence-corrected chi connectivity index (χ3v) is 9.32. The zero-order chi connectivity index (χ0) is 25.4. The van der Waals surface area contributed by atoms with E-state index < -0.39 is 12.5 Å². The largest absolute Gasteiger partial charge is 0.381 e. The van der Waals surface area contributed by atoms with Gasteiger partial charge in [-0.15, -0.1) is 0 Å². The maximum atomic E-state index is 13.7. The Kier molecular flexibility index (Phi) is 5.52. The van der Waals surface area contributed by atoms with Crippen LogP contribution >= 0.6 is 0 Å². The normalized spacial score (nSPS) is 31.2. The van der Waals surface area contributed by atoms with Crippen LogP contribution in [0.3, 0.4) is 0 Å². The lowest BCUT2D eigenvalue weighted by Crippen LogP contribution is -2.62. The van der Waals surface area contributed by atoms with Gasteiger partial charge in [0.1, 0.15) is 0 Å². The Bertz CT molecular complexity index is 1250. The van der Waals surface area contributed by atoms with Crippen molar-refractivity contribution in [2.24, 2.45) is 17.8 Å². The van der Waals surface area contributed by atoms with Crippen LogP contribution in [0.4, 0.5) is 14.5 Å². The van der Waals surface area contributed by atoms with Crippen molar-refractivity contribution in [3.63, 3.8) is 0 Å². The number of piperidine rings is 2. The van der Waals surface area contributed by atoms with E-state index in [2.05, 4.69) is 22.6 Å². The van der Waals surface area contributed by atoms with Gasteiger partial charge in [-0.1, -0.05) is 18.2 Å². The first-order valence-electron chi connectivity index (χ1n) is 13.1. The molecule has 1 saturated heterocycles. The van der Waals surface area contributed by atoms with E-state index in [0.29, 0.717) is 40.1 Å². The van der Waals surface area contributed by atoms with Crippen molar-refractivity contribution in [3.05, 3.63) is 63.1 Å². The Hall–Kier alpha value is -2.74. The minimum atomic E-state index is -2.57. The second kappa shape index (κ2) is 8.40. The van der Waals surface area contributed by atoms with Gasteiger partial charge < -0.3 is 20.1 Å². The number of nitrogens with one attached hydrogen (secondary N) is 2. The molecule has 1 aliphatic heterocycles. The fraction of sp³-hybridized carbons (Fsp3) is 0.571. The van der Waals surface area contributed by atoms with Crippen LogP contribution in [0.15, 0.2) is 35.3 Å². The summed E-state index contributed by atoms with van der Waals surface area (Å²) in [6, 6.07) is 6.19. The summed E-state index contributed by atoms with van der Waals surface area (Å²) in [6.07, 6.45) is 3.33. The van der Waals surface area contributed by atoms with Crippen molar-refractivity contribution in [2.75, 3.05) is 25.5 Å². The molecule has 36 heavy (non-hydrogen) atoms. The lowest BCUT2D eigenvalue weighted by Gasteiger charge is -2.62. The summed E-state index contributed by atoms with van der Waals surface area (Å²) in [5, 5.41) is 6.59. The lowest BCUT2D eigenvalue weighted by atomic mass is 9.49. The Morgan fingerprint density at radius 2 is 1.81 bits per heavy atom. The molecule has 0 unspecified atom stereocenters. The first-order chi connectivity index (χ1) is 17.1. The molecule has 2 aromatic rings. The summed E-state index contributed by atoms with van der Waals surface area (Å²) in [6.45, 7) is 5.50. The number of halogens is 2. The number of hydrogen-bond donors (Lipinski definition) is 2. The number of rotatable bonds is 7. The SMILES string of the molecule is Cc1c(C(F)F)cccc1[C@@H](C)NC(=O)c1cn(C23CC(C2)C3)c(=O)cc1N[C@@H]1[C@@H]2C[C@H]1CN(C)C2. The standard InChI is InChI=1S/C28H34F2N4O2/c1-15-20(5-4-6-21(15)26(29)30)16(2)31-27(36)22-14-34(28-9-17(10-28)11-28)24(35)8-23(22)32-25-18-7-19(25)13-33(3)12-18/h4-6,8,14,16-19,25-26,32H,7,9-13H2,1-3H3,(H,31,36)/t16-,17?,18-,19+,25-,28?/m1/s1. The molecule has 192 valence electrons. The molecule has 0 radical (unpaired) electrons. The summed E-state index contributed by atoms with van der Waals surface area (Å²) in [4.78, 5) is 29.2. The number of amides is 1. The van der Waals surface area contributed by atoms with Crippen molar-refractivity contribution < 1.29 is 13.6 Å². The molecule has 1 aromatic carbocycles. The van der Waals surface area contributed by atoms with E-state index in [1.54, 1.807) is 35.9 Å². The molecule has 4 bridgehead atoms. The molecule has 4 aliphatic carbocycles. The quantitative estimate of drug-likeness (QED) is 0.594. The van der Waals surface area contributed by atoms with Crippen molar-refractivity contribution in [1.82, 2.24) is 14.8 Å². The number of nitrogens with zero attached hydrogens (tertiary/aromatic N) is 2. The van der Waals surface area contributed by atoms with Crippen LogP contribution in [0.1, 0.15) is 72.1 Å². The number of hydrogen-bond acceptors (Lipinski definition) is 4. The van der Waals surface area contributed by atoms with Crippen LogP contribution < -0.4 is 16.2 Å². The summed E-state index contributed by atoms with van der Waals surface area (Å²) in [5.41, 5.74) is 1.96. The fourth-order valence-electron chi connectivity index (χ4n) is 7.20. The minimum Gasteiger partial charge on any atom is -0.381 e. The van der Waals surface area contributed by atoms with Crippen molar-refractivity contribution in [3.8, 4) is 0 Å². The molecular weight excluding hydrogens is 462 g/mol. The van der Waals surface area contributed by atoms with E-state index in [1.165, 1.54) is 12.5 Å². The predicted molar refractivity (Wildman–Crippen MR) is 135 cm³/mol. The van der Waals surface area contributed by atoms with Gasteiger partial charge in [-0.05, 0) is 75.5 Å². The average Bonchev–Trinajstić information content (AvgIpc) is 2.76. The molecule has 5 aliphatic rings. The fourth-order valence-corrected chi connectivity index (χ4v) is 7.20. The van der Waals surface area contributed by atoms with Crippen LogP contribution in [0.25, 0.3) is 0 Å². The number of carbonyl (C=O) groups excluding carboxylic acids is 1. The molecule has 4 saturated carbocycles. The molecule has 1 amide bonds. The highest BCUT2D eigenvalue weighted by Crippen LogP contribution is 2.61. The average molecular weight is 497 g/mol. The third-order valence-electron chi connectivity index (χ3n) is 9.32. The Morgan fingerprint density at radius 3 is 2.42 bits per heavy atom. The number of fused-ring (bicyclic) bond motifs is 2. The smallest absolute Gasteiger partial charge is 0.264 e. The van der Waals surface area contributed by atoms with Crippen LogP contribution in [0.5, 0.6) is 0 Å². The first-order valence-corrected chi connectivity index (χ1v) is 13.1. The first kappa shape index (κ1) is 23.6. The highest BCUT2D eigenvalue weighted by Gasteiger charge is 2.58. The van der Waals surface area contributed by atoms with E-state index in [0.717, 1.165) is 32.4 Å². The van der Waals surface area contributed by atoms with Crippen LogP contribution in [-0.4, -0.2) is 41.6 Å². The topological polar surface area (TPSA) is 66.4 Å². The molecule has 4 atom stereocenters. The Morgan fingerprint density at radius 1 is 1.14 bits per heavy atom. The number of carbonyl (C=O) groups is 1. The summed E-state index contributed by atoms with van der Waals surface area (Å²) in [7, 11) is 2.13.